The van der Waals surface area contributed by atoms with E-state index in [0.717, 1.165) is 0 Å². The van der Waals surface area contributed by atoms with Crippen molar-refractivity contribution in [3.8, 4) is 5.75 Å². The molecule has 0 spiro atoms. The lowest BCUT2D eigenvalue weighted by atomic mass is 10.2. The third-order valence-corrected chi connectivity index (χ3v) is 6.29. The highest BCUT2D eigenvalue weighted by Gasteiger charge is 2.32. The van der Waals surface area contributed by atoms with Crippen LogP contribution in [0.5, 0.6) is 5.75 Å². The topological polar surface area (TPSA) is 84.0 Å². The third kappa shape index (κ3) is 4.97. The number of anilines is 1. The van der Waals surface area contributed by atoms with Crippen LogP contribution in [0.1, 0.15) is 26.7 Å². The molecule has 26 heavy (non-hydrogen) atoms. The number of carbonyl (C=O) groups is 2. The Hall–Kier alpha value is -2.09. The van der Waals surface area contributed by atoms with Gasteiger partial charge < -0.3 is 14.5 Å². The monoisotopic (exact) mass is 382 g/mol. The zero-order valence-corrected chi connectivity index (χ0v) is 16.3. The second-order valence-corrected chi connectivity index (χ2v) is 8.61. The van der Waals surface area contributed by atoms with Gasteiger partial charge in [0.25, 0.3) is 0 Å². The summed E-state index contributed by atoms with van der Waals surface area (Å²) in [6.45, 7) is 3.99. The standard InChI is InChI=1S/C18H26N2O5S/c1-4-25-17-8-6-5-7-16(17)20(14(2)21)11-9-18(22)19(3)15-10-12-26(23,24)13-15/h5-8,15H,4,9-13H2,1-3H3. The summed E-state index contributed by atoms with van der Waals surface area (Å²) in [6.07, 6.45) is 0.585. The first-order valence-electron chi connectivity index (χ1n) is 8.71. The first-order valence-corrected chi connectivity index (χ1v) is 10.5. The van der Waals surface area contributed by atoms with Crippen LogP contribution in [0.2, 0.25) is 0 Å². The zero-order chi connectivity index (χ0) is 19.3. The Bertz CT molecular complexity index is 763. The van der Waals surface area contributed by atoms with Crippen LogP contribution in [0, 0.1) is 0 Å². The van der Waals surface area contributed by atoms with Gasteiger partial charge in [-0.05, 0) is 25.5 Å². The summed E-state index contributed by atoms with van der Waals surface area (Å²) < 4.78 is 28.8. The van der Waals surface area contributed by atoms with Crippen molar-refractivity contribution in [3.05, 3.63) is 24.3 Å². The molecule has 144 valence electrons. The Morgan fingerprint density at radius 1 is 1.27 bits per heavy atom. The van der Waals surface area contributed by atoms with Gasteiger partial charge in [0, 0.05) is 33.0 Å². The van der Waals surface area contributed by atoms with Crippen molar-refractivity contribution in [2.24, 2.45) is 0 Å². The van der Waals surface area contributed by atoms with Crippen LogP contribution in [0.4, 0.5) is 5.69 Å². The molecule has 1 unspecified atom stereocenters. The van der Waals surface area contributed by atoms with Crippen LogP contribution < -0.4 is 9.64 Å². The van der Waals surface area contributed by atoms with Crippen molar-refractivity contribution in [2.45, 2.75) is 32.7 Å². The van der Waals surface area contributed by atoms with E-state index in [9.17, 15) is 18.0 Å². The fourth-order valence-electron chi connectivity index (χ4n) is 3.07. The first kappa shape index (κ1) is 20.2. The predicted octanol–water partition coefficient (Wildman–Crippen LogP) is 1.47. The van der Waals surface area contributed by atoms with E-state index in [1.54, 1.807) is 19.2 Å². The van der Waals surface area contributed by atoms with E-state index in [2.05, 4.69) is 0 Å². The molecule has 1 saturated heterocycles. The van der Waals surface area contributed by atoms with Crippen molar-refractivity contribution in [2.75, 3.05) is 36.6 Å². The number of rotatable bonds is 7. The lowest BCUT2D eigenvalue weighted by molar-refractivity contribution is -0.131. The number of para-hydroxylation sites is 2. The molecule has 1 aromatic rings. The molecule has 2 rings (SSSR count). The molecule has 0 bridgehead atoms. The van der Waals surface area contributed by atoms with Gasteiger partial charge in [-0.25, -0.2) is 8.42 Å². The quantitative estimate of drug-likeness (QED) is 0.713. The highest BCUT2D eigenvalue weighted by Crippen LogP contribution is 2.28. The van der Waals surface area contributed by atoms with Gasteiger partial charge in [0.05, 0.1) is 23.8 Å². The van der Waals surface area contributed by atoms with Gasteiger partial charge in [-0.15, -0.1) is 0 Å². The smallest absolute Gasteiger partial charge is 0.224 e. The SMILES string of the molecule is CCOc1ccccc1N(CCC(=O)N(C)C1CCS(=O)(=O)C1)C(C)=O. The van der Waals surface area contributed by atoms with Gasteiger partial charge in [-0.1, -0.05) is 12.1 Å². The van der Waals surface area contributed by atoms with Gasteiger partial charge in [-0.3, -0.25) is 9.59 Å². The fourth-order valence-corrected chi connectivity index (χ4v) is 4.85. The minimum Gasteiger partial charge on any atom is -0.492 e. The third-order valence-electron chi connectivity index (χ3n) is 4.53. The molecule has 1 aliphatic rings. The average Bonchev–Trinajstić information content (AvgIpc) is 2.95. The van der Waals surface area contributed by atoms with E-state index in [0.29, 0.717) is 24.5 Å². The van der Waals surface area contributed by atoms with E-state index in [1.807, 2.05) is 19.1 Å². The van der Waals surface area contributed by atoms with Gasteiger partial charge in [-0.2, -0.15) is 0 Å². The largest absolute Gasteiger partial charge is 0.492 e. The summed E-state index contributed by atoms with van der Waals surface area (Å²) in [4.78, 5) is 27.6. The van der Waals surface area contributed by atoms with Gasteiger partial charge >= 0.3 is 0 Å². The van der Waals surface area contributed by atoms with Crippen molar-refractivity contribution in [1.82, 2.24) is 4.90 Å². The van der Waals surface area contributed by atoms with Crippen molar-refractivity contribution < 1.29 is 22.7 Å². The molecule has 2 amide bonds. The van der Waals surface area contributed by atoms with E-state index in [1.165, 1.54) is 16.7 Å². The molecule has 0 radical (unpaired) electrons. The van der Waals surface area contributed by atoms with Gasteiger partial charge in [0.1, 0.15) is 5.75 Å². The Morgan fingerprint density at radius 2 is 1.96 bits per heavy atom. The van der Waals surface area contributed by atoms with Crippen molar-refractivity contribution >= 4 is 27.3 Å². The van der Waals surface area contributed by atoms with Crippen molar-refractivity contribution in [1.29, 1.82) is 0 Å². The van der Waals surface area contributed by atoms with E-state index in [-0.39, 0.29) is 42.3 Å². The Kier molecular flexibility index (Phi) is 6.63. The molecule has 0 saturated carbocycles. The molecule has 1 fully saturated rings. The molecular formula is C18H26N2O5S. The Morgan fingerprint density at radius 3 is 2.54 bits per heavy atom. The number of sulfone groups is 1. The summed E-state index contributed by atoms with van der Waals surface area (Å²) >= 11 is 0. The summed E-state index contributed by atoms with van der Waals surface area (Å²) in [5.74, 6) is 0.367. The summed E-state index contributed by atoms with van der Waals surface area (Å²) in [5.41, 5.74) is 0.626. The lowest BCUT2D eigenvalue weighted by Crippen LogP contribution is -2.40. The number of benzene rings is 1. The second kappa shape index (κ2) is 8.53. The fraction of sp³-hybridized carbons (Fsp3) is 0.556. The summed E-state index contributed by atoms with van der Waals surface area (Å²) in [7, 11) is -1.42. The van der Waals surface area contributed by atoms with Crippen molar-refractivity contribution in [3.63, 3.8) is 0 Å². The normalized spacial score (nSPS) is 18.3. The number of amides is 2. The maximum atomic E-state index is 12.5. The molecule has 0 aliphatic carbocycles. The van der Waals surface area contributed by atoms with Crippen LogP contribution in [0.25, 0.3) is 0 Å². The molecule has 8 heteroatoms. The minimum atomic E-state index is -3.05. The number of nitrogens with zero attached hydrogens (tertiary/aromatic N) is 2. The van der Waals surface area contributed by atoms with Crippen LogP contribution >= 0.6 is 0 Å². The van der Waals surface area contributed by atoms with Crippen LogP contribution in [0.15, 0.2) is 24.3 Å². The number of ether oxygens (including phenoxy) is 1. The Labute approximate surface area is 154 Å². The van der Waals surface area contributed by atoms with E-state index in [4.69, 9.17) is 4.74 Å². The predicted molar refractivity (Wildman–Crippen MR) is 100 cm³/mol. The molecular weight excluding hydrogens is 356 g/mol. The molecule has 1 aliphatic heterocycles. The molecule has 1 aromatic carbocycles. The highest BCUT2D eigenvalue weighted by molar-refractivity contribution is 7.91. The lowest BCUT2D eigenvalue weighted by Gasteiger charge is -2.27. The van der Waals surface area contributed by atoms with E-state index < -0.39 is 9.84 Å². The molecule has 0 N–H and O–H groups in total. The molecule has 7 nitrogen and oxygen atoms in total. The highest BCUT2D eigenvalue weighted by atomic mass is 32.2. The minimum absolute atomic E-state index is 0.0127. The molecule has 1 atom stereocenters. The maximum Gasteiger partial charge on any atom is 0.224 e. The molecule has 1 heterocycles. The van der Waals surface area contributed by atoms with Crippen LogP contribution in [0.3, 0.4) is 0 Å². The average molecular weight is 382 g/mol. The maximum absolute atomic E-state index is 12.5. The number of carbonyl (C=O) groups excluding carboxylic acids is 2. The summed E-state index contributed by atoms with van der Waals surface area (Å²) in [5, 5.41) is 0. The Balaban J connectivity index is 2.05. The van der Waals surface area contributed by atoms with Crippen LogP contribution in [-0.2, 0) is 19.4 Å². The van der Waals surface area contributed by atoms with E-state index >= 15 is 0 Å². The number of hydrogen-bond acceptors (Lipinski definition) is 5. The summed E-state index contributed by atoms with van der Waals surface area (Å²) in [6, 6.07) is 6.92. The van der Waals surface area contributed by atoms with Gasteiger partial charge in [0.15, 0.2) is 9.84 Å². The second-order valence-electron chi connectivity index (χ2n) is 6.38. The first-order chi connectivity index (χ1) is 12.2. The molecule has 0 aromatic heterocycles. The van der Waals surface area contributed by atoms with Crippen LogP contribution in [-0.4, -0.2) is 62.9 Å². The van der Waals surface area contributed by atoms with Gasteiger partial charge in [0.2, 0.25) is 11.8 Å². The zero-order valence-electron chi connectivity index (χ0n) is 15.5. The number of hydrogen-bond donors (Lipinski definition) is 0.